The lowest BCUT2D eigenvalue weighted by molar-refractivity contribution is 0.0643. The largest absolute Gasteiger partial charge is 0.492 e. The number of ether oxygens (including phenoxy) is 3. The van der Waals surface area contributed by atoms with Crippen molar-refractivity contribution in [1.82, 2.24) is 4.98 Å². The van der Waals surface area contributed by atoms with Gasteiger partial charge in [0.05, 0.1) is 25.5 Å². The van der Waals surface area contributed by atoms with Crippen LogP contribution in [0.5, 0.6) is 5.75 Å². The fourth-order valence-electron chi connectivity index (χ4n) is 1.86. The third-order valence-electron chi connectivity index (χ3n) is 3.17. The average molecular weight is 296 g/mol. The Bertz CT molecular complexity index is 399. The zero-order valence-corrected chi connectivity index (χ0v) is 13.4. The summed E-state index contributed by atoms with van der Waals surface area (Å²) in [5.74, 6) is 0.835. The summed E-state index contributed by atoms with van der Waals surface area (Å²) < 4.78 is 16.1. The van der Waals surface area contributed by atoms with Crippen LogP contribution < -0.4 is 10.5 Å². The van der Waals surface area contributed by atoms with Gasteiger partial charge in [0.2, 0.25) is 0 Å². The zero-order chi connectivity index (χ0) is 15.5. The van der Waals surface area contributed by atoms with Crippen LogP contribution in [0.15, 0.2) is 12.1 Å². The molecule has 0 aliphatic carbocycles. The molecule has 0 aliphatic heterocycles. The highest BCUT2D eigenvalue weighted by Crippen LogP contribution is 2.19. The summed E-state index contributed by atoms with van der Waals surface area (Å²) in [6.07, 6.45) is 2.52. The second kappa shape index (κ2) is 10.5. The molecule has 1 aromatic heterocycles. The maximum absolute atomic E-state index is 6.02. The van der Waals surface area contributed by atoms with Gasteiger partial charge in [-0.05, 0) is 25.5 Å². The number of hydrogen-bond donors (Lipinski definition) is 1. The summed E-state index contributed by atoms with van der Waals surface area (Å²) in [5.41, 5.74) is 7.96. The van der Waals surface area contributed by atoms with Gasteiger partial charge in [-0.1, -0.05) is 6.92 Å². The van der Waals surface area contributed by atoms with Gasteiger partial charge < -0.3 is 19.9 Å². The molecule has 0 saturated carbocycles. The Kier molecular flexibility index (Phi) is 8.98. The highest BCUT2D eigenvalue weighted by atomic mass is 16.5. The molecule has 2 N–H and O–H groups in total. The van der Waals surface area contributed by atoms with Crippen LogP contribution in [-0.4, -0.2) is 44.6 Å². The number of hydrogen-bond acceptors (Lipinski definition) is 5. The maximum atomic E-state index is 6.02. The molecule has 1 heterocycles. The number of pyridine rings is 1. The quantitative estimate of drug-likeness (QED) is 0.633. The summed E-state index contributed by atoms with van der Waals surface area (Å²) >= 11 is 0. The molecule has 0 aromatic carbocycles. The highest BCUT2D eigenvalue weighted by Gasteiger charge is 2.10. The number of aryl methyl sites for hydroxylation is 1. The molecule has 0 bridgehead atoms. The minimum absolute atomic E-state index is 0.124. The van der Waals surface area contributed by atoms with Crippen molar-refractivity contribution in [2.75, 3.05) is 33.5 Å². The molecular weight excluding hydrogens is 268 g/mol. The van der Waals surface area contributed by atoms with Crippen molar-refractivity contribution >= 4 is 0 Å². The van der Waals surface area contributed by atoms with Crippen molar-refractivity contribution in [2.24, 2.45) is 5.73 Å². The topological polar surface area (TPSA) is 66.6 Å². The number of nitrogens with zero attached hydrogens (tertiary/aromatic N) is 1. The molecule has 0 amide bonds. The van der Waals surface area contributed by atoms with Crippen LogP contribution in [0.3, 0.4) is 0 Å². The van der Waals surface area contributed by atoms with E-state index in [1.54, 1.807) is 7.11 Å². The third kappa shape index (κ3) is 7.41. The van der Waals surface area contributed by atoms with Crippen molar-refractivity contribution in [2.45, 2.75) is 39.2 Å². The summed E-state index contributed by atoms with van der Waals surface area (Å²) in [4.78, 5) is 4.55. The number of rotatable bonds is 11. The Balaban J connectivity index is 2.39. The van der Waals surface area contributed by atoms with Crippen molar-refractivity contribution in [3.8, 4) is 5.75 Å². The second-order valence-corrected chi connectivity index (χ2v) is 5.08. The van der Waals surface area contributed by atoms with E-state index in [-0.39, 0.29) is 6.04 Å². The minimum Gasteiger partial charge on any atom is -0.492 e. The molecule has 21 heavy (non-hydrogen) atoms. The van der Waals surface area contributed by atoms with E-state index in [4.69, 9.17) is 19.9 Å². The predicted molar refractivity (Wildman–Crippen MR) is 83.8 cm³/mol. The van der Waals surface area contributed by atoms with Gasteiger partial charge >= 0.3 is 0 Å². The lowest BCUT2D eigenvalue weighted by Crippen LogP contribution is -2.22. The van der Waals surface area contributed by atoms with E-state index < -0.39 is 0 Å². The van der Waals surface area contributed by atoms with Gasteiger partial charge in [-0.15, -0.1) is 0 Å². The van der Waals surface area contributed by atoms with Crippen LogP contribution in [0.4, 0.5) is 0 Å². The second-order valence-electron chi connectivity index (χ2n) is 5.08. The molecule has 5 heteroatoms. The Labute approximate surface area is 127 Å². The molecule has 1 unspecified atom stereocenters. The molecule has 0 spiro atoms. The summed E-state index contributed by atoms with van der Waals surface area (Å²) in [6, 6.07) is 4.07. The summed E-state index contributed by atoms with van der Waals surface area (Å²) in [5, 5.41) is 0. The monoisotopic (exact) mass is 296 g/mol. The average Bonchev–Trinajstić information content (AvgIpc) is 2.48. The molecule has 1 aromatic rings. The van der Waals surface area contributed by atoms with Crippen LogP contribution in [-0.2, 0) is 15.9 Å². The van der Waals surface area contributed by atoms with Crippen LogP contribution in [0.25, 0.3) is 0 Å². The first-order valence-corrected chi connectivity index (χ1v) is 7.59. The Morgan fingerprint density at radius 2 is 2.00 bits per heavy atom. The SMILES string of the molecule is CCC(N)Cc1nc(C)ccc1OCCCOCCOC. The number of methoxy groups -OCH3 is 1. The smallest absolute Gasteiger partial charge is 0.140 e. The molecular formula is C16H28N2O3. The van der Waals surface area contributed by atoms with Crippen LogP contribution >= 0.6 is 0 Å². The first-order chi connectivity index (χ1) is 10.2. The summed E-state index contributed by atoms with van der Waals surface area (Å²) in [7, 11) is 1.67. The third-order valence-corrected chi connectivity index (χ3v) is 3.17. The lowest BCUT2D eigenvalue weighted by atomic mass is 10.1. The van der Waals surface area contributed by atoms with Gasteiger partial charge in [0, 0.05) is 38.3 Å². The standard InChI is InChI=1S/C16H28N2O3/c1-4-14(17)12-15-16(7-6-13(2)18-15)21-9-5-8-20-11-10-19-3/h6-7,14H,4-5,8-12,17H2,1-3H3. The lowest BCUT2D eigenvalue weighted by Gasteiger charge is -2.14. The van der Waals surface area contributed by atoms with E-state index in [1.807, 2.05) is 19.1 Å². The Morgan fingerprint density at radius 3 is 2.71 bits per heavy atom. The minimum atomic E-state index is 0.124. The van der Waals surface area contributed by atoms with Crippen molar-refractivity contribution in [1.29, 1.82) is 0 Å². The predicted octanol–water partition coefficient (Wildman–Crippen LogP) is 2.10. The fourth-order valence-corrected chi connectivity index (χ4v) is 1.86. The van der Waals surface area contributed by atoms with E-state index in [2.05, 4.69) is 11.9 Å². The fraction of sp³-hybridized carbons (Fsp3) is 0.688. The molecule has 5 nitrogen and oxygen atoms in total. The van der Waals surface area contributed by atoms with Gasteiger partial charge in [0.25, 0.3) is 0 Å². The van der Waals surface area contributed by atoms with Gasteiger partial charge in [-0.3, -0.25) is 4.98 Å². The van der Waals surface area contributed by atoms with E-state index in [1.165, 1.54) is 0 Å². The van der Waals surface area contributed by atoms with Crippen LogP contribution in [0.2, 0.25) is 0 Å². The van der Waals surface area contributed by atoms with E-state index in [0.29, 0.717) is 26.4 Å². The molecule has 0 radical (unpaired) electrons. The first-order valence-electron chi connectivity index (χ1n) is 7.59. The van der Waals surface area contributed by atoms with Crippen molar-refractivity contribution < 1.29 is 14.2 Å². The normalized spacial score (nSPS) is 12.4. The van der Waals surface area contributed by atoms with Gasteiger partial charge in [0.15, 0.2) is 0 Å². The molecule has 120 valence electrons. The van der Waals surface area contributed by atoms with E-state index >= 15 is 0 Å². The Hall–Kier alpha value is -1.17. The van der Waals surface area contributed by atoms with Crippen LogP contribution in [0.1, 0.15) is 31.2 Å². The Morgan fingerprint density at radius 1 is 1.19 bits per heavy atom. The van der Waals surface area contributed by atoms with Gasteiger partial charge in [-0.25, -0.2) is 0 Å². The first kappa shape index (κ1) is 17.9. The van der Waals surface area contributed by atoms with Gasteiger partial charge in [0.1, 0.15) is 5.75 Å². The maximum Gasteiger partial charge on any atom is 0.140 e. The molecule has 1 atom stereocenters. The highest BCUT2D eigenvalue weighted by molar-refractivity contribution is 5.30. The van der Waals surface area contributed by atoms with Crippen molar-refractivity contribution in [3.63, 3.8) is 0 Å². The van der Waals surface area contributed by atoms with Crippen molar-refractivity contribution in [3.05, 3.63) is 23.5 Å². The molecule has 0 fully saturated rings. The van der Waals surface area contributed by atoms with E-state index in [0.717, 1.165) is 36.4 Å². The van der Waals surface area contributed by atoms with Gasteiger partial charge in [-0.2, -0.15) is 0 Å². The zero-order valence-electron chi connectivity index (χ0n) is 13.4. The summed E-state index contributed by atoms with van der Waals surface area (Å²) in [6.45, 7) is 6.60. The molecule has 0 aliphatic rings. The molecule has 1 rings (SSSR count). The van der Waals surface area contributed by atoms with Crippen LogP contribution in [0, 0.1) is 6.92 Å². The van der Waals surface area contributed by atoms with E-state index in [9.17, 15) is 0 Å². The molecule has 0 saturated heterocycles. The number of aromatic nitrogens is 1. The number of nitrogens with two attached hydrogens (primary N) is 1.